The molecule has 0 N–H and O–H groups in total. The highest BCUT2D eigenvalue weighted by atomic mass is 35.5. The Kier molecular flexibility index (Phi) is 6.31. The second-order valence-corrected chi connectivity index (χ2v) is 7.90. The van der Waals surface area contributed by atoms with Crippen LogP contribution in [0.15, 0.2) is 36.4 Å². The van der Waals surface area contributed by atoms with E-state index in [0.29, 0.717) is 11.5 Å². The van der Waals surface area contributed by atoms with E-state index in [0.717, 1.165) is 36.8 Å². The Morgan fingerprint density at radius 2 is 1.21 bits per heavy atom. The van der Waals surface area contributed by atoms with Crippen LogP contribution in [0.2, 0.25) is 0 Å². The highest BCUT2D eigenvalue weighted by Gasteiger charge is 2.36. The minimum Gasteiger partial charge on any atom is -0.414 e. The first-order valence-corrected chi connectivity index (χ1v) is 10.0. The highest BCUT2D eigenvalue weighted by molar-refractivity contribution is 6.61. The minimum atomic E-state index is -0.844. The van der Waals surface area contributed by atoms with E-state index in [1.165, 1.54) is 17.5 Å². The zero-order valence-corrected chi connectivity index (χ0v) is 17.4. The maximum absolute atomic E-state index is 11.1. The molecule has 0 bridgehead atoms. The van der Waals surface area contributed by atoms with E-state index in [2.05, 4.69) is 12.1 Å². The van der Waals surface area contributed by atoms with Gasteiger partial charge in [0.25, 0.3) is 0 Å². The molecular formula is C22H22Cl2O4. The summed E-state index contributed by atoms with van der Waals surface area (Å²) in [6.07, 6.45) is 5.53. The number of rotatable bonds is 4. The molecule has 28 heavy (non-hydrogen) atoms. The quantitative estimate of drug-likeness (QED) is 0.498. The second-order valence-electron chi connectivity index (χ2n) is 7.28. The Bertz CT molecular complexity index is 834. The van der Waals surface area contributed by atoms with Crippen molar-refractivity contribution >= 4 is 34.1 Å². The lowest BCUT2D eigenvalue weighted by molar-refractivity contribution is 0.224. The lowest BCUT2D eigenvalue weighted by atomic mass is 9.65. The van der Waals surface area contributed by atoms with Crippen molar-refractivity contribution in [3.8, 4) is 11.5 Å². The van der Waals surface area contributed by atoms with Gasteiger partial charge in [0.1, 0.15) is 11.5 Å². The molecule has 0 heterocycles. The first-order chi connectivity index (χ1) is 13.3. The number of benzene rings is 2. The SMILES string of the molecule is Cc1cc(C2(c3ccc(OC(=O)Cl)c(C)c3)CCCCC2)ccc1OC(=O)Cl. The number of halogens is 2. The number of carbonyl (C=O) groups is 2. The Labute approximate surface area is 174 Å². The fraction of sp³-hybridized carbons (Fsp3) is 0.364. The Morgan fingerprint density at radius 3 is 1.57 bits per heavy atom. The van der Waals surface area contributed by atoms with E-state index in [1.54, 1.807) is 12.1 Å². The summed E-state index contributed by atoms with van der Waals surface area (Å²) in [5.41, 5.74) is 2.26. The van der Waals surface area contributed by atoms with Crippen molar-refractivity contribution in [1.29, 1.82) is 0 Å². The molecule has 0 amide bonds. The number of carbonyl (C=O) groups excluding carboxylic acids is 2. The van der Waals surface area contributed by atoms with Gasteiger partial charge < -0.3 is 9.47 Å². The van der Waals surface area contributed by atoms with Gasteiger partial charge in [0.15, 0.2) is 0 Å². The van der Waals surface area contributed by atoms with E-state index in [4.69, 9.17) is 32.7 Å². The first-order valence-electron chi connectivity index (χ1n) is 9.29. The number of ether oxygens (including phenoxy) is 2. The zero-order chi connectivity index (χ0) is 20.3. The molecule has 0 aromatic heterocycles. The molecule has 3 rings (SSSR count). The van der Waals surface area contributed by atoms with Gasteiger partial charge in [0.05, 0.1) is 0 Å². The van der Waals surface area contributed by atoms with Gasteiger partial charge >= 0.3 is 10.9 Å². The number of aryl methyl sites for hydroxylation is 2. The molecule has 4 nitrogen and oxygen atoms in total. The summed E-state index contributed by atoms with van der Waals surface area (Å²) >= 11 is 10.7. The van der Waals surface area contributed by atoms with Crippen LogP contribution < -0.4 is 9.47 Å². The maximum atomic E-state index is 11.1. The average Bonchev–Trinajstić information content (AvgIpc) is 2.65. The van der Waals surface area contributed by atoms with Crippen molar-refractivity contribution < 1.29 is 19.1 Å². The molecule has 1 aliphatic carbocycles. The molecule has 6 heteroatoms. The van der Waals surface area contributed by atoms with E-state index in [9.17, 15) is 9.59 Å². The molecule has 0 spiro atoms. The highest BCUT2D eigenvalue weighted by Crippen LogP contribution is 2.46. The van der Waals surface area contributed by atoms with Gasteiger partial charge in [0.2, 0.25) is 0 Å². The number of hydrogen-bond acceptors (Lipinski definition) is 4. The van der Waals surface area contributed by atoms with Crippen LogP contribution in [0.1, 0.15) is 54.4 Å². The van der Waals surface area contributed by atoms with Gasteiger partial charge in [-0.3, -0.25) is 0 Å². The van der Waals surface area contributed by atoms with Gasteiger partial charge in [0, 0.05) is 28.6 Å². The van der Waals surface area contributed by atoms with E-state index >= 15 is 0 Å². The summed E-state index contributed by atoms with van der Waals surface area (Å²) in [7, 11) is 0. The van der Waals surface area contributed by atoms with Gasteiger partial charge in [-0.1, -0.05) is 43.5 Å². The summed E-state index contributed by atoms with van der Waals surface area (Å²) in [4.78, 5) is 22.2. The van der Waals surface area contributed by atoms with Crippen molar-refractivity contribution in [2.45, 2.75) is 51.4 Å². The summed E-state index contributed by atoms with van der Waals surface area (Å²) in [6.45, 7) is 3.81. The third kappa shape index (κ3) is 4.34. The predicted octanol–water partition coefficient (Wildman–Crippen LogP) is 7.03. The Balaban J connectivity index is 2.04. The molecule has 0 aliphatic heterocycles. The molecule has 1 saturated carbocycles. The van der Waals surface area contributed by atoms with E-state index < -0.39 is 10.9 Å². The zero-order valence-electron chi connectivity index (χ0n) is 15.9. The molecule has 1 aliphatic rings. The minimum absolute atomic E-state index is 0.138. The molecule has 0 saturated heterocycles. The standard InChI is InChI=1S/C22H22Cl2O4/c1-14-12-16(6-8-18(14)27-20(23)25)22(10-4-3-5-11-22)17-7-9-19(15(2)13-17)28-21(24)26/h6-9,12-13H,3-5,10-11H2,1-2H3. The monoisotopic (exact) mass is 420 g/mol. The Morgan fingerprint density at radius 1 is 0.786 bits per heavy atom. The fourth-order valence-electron chi connectivity index (χ4n) is 4.20. The molecule has 0 unspecified atom stereocenters. The van der Waals surface area contributed by atoms with Crippen molar-refractivity contribution in [2.24, 2.45) is 0 Å². The van der Waals surface area contributed by atoms with Crippen LogP contribution in [0, 0.1) is 13.8 Å². The molecule has 2 aromatic rings. The van der Waals surface area contributed by atoms with Crippen LogP contribution in [0.5, 0.6) is 11.5 Å². The summed E-state index contributed by atoms with van der Waals surface area (Å²) in [5, 5.41) is 0. The third-order valence-corrected chi connectivity index (χ3v) is 5.70. The predicted molar refractivity (Wildman–Crippen MR) is 110 cm³/mol. The lowest BCUT2D eigenvalue weighted by Crippen LogP contribution is -2.30. The Hall–Kier alpha value is -2.04. The molecular weight excluding hydrogens is 399 g/mol. The molecule has 148 valence electrons. The van der Waals surface area contributed by atoms with E-state index in [1.807, 2.05) is 26.0 Å². The van der Waals surface area contributed by atoms with Gasteiger partial charge in [-0.2, -0.15) is 0 Å². The van der Waals surface area contributed by atoms with Crippen LogP contribution in [0.3, 0.4) is 0 Å². The second kappa shape index (κ2) is 8.54. The van der Waals surface area contributed by atoms with Crippen LogP contribution >= 0.6 is 23.2 Å². The summed E-state index contributed by atoms with van der Waals surface area (Å²) < 4.78 is 10.1. The maximum Gasteiger partial charge on any atom is 0.409 e. The van der Waals surface area contributed by atoms with Crippen LogP contribution in [0.25, 0.3) is 0 Å². The summed E-state index contributed by atoms with van der Waals surface area (Å²) in [6, 6.07) is 11.8. The summed E-state index contributed by atoms with van der Waals surface area (Å²) in [5.74, 6) is 0.936. The van der Waals surface area contributed by atoms with Gasteiger partial charge in [-0.25, -0.2) is 9.59 Å². The third-order valence-electron chi connectivity index (χ3n) is 5.54. The van der Waals surface area contributed by atoms with E-state index in [-0.39, 0.29) is 5.41 Å². The van der Waals surface area contributed by atoms with Crippen LogP contribution in [-0.2, 0) is 5.41 Å². The smallest absolute Gasteiger partial charge is 0.409 e. The molecule has 1 fully saturated rings. The molecule has 0 atom stereocenters. The van der Waals surface area contributed by atoms with Gasteiger partial charge in [-0.05, 0) is 61.1 Å². The van der Waals surface area contributed by atoms with Crippen molar-refractivity contribution in [3.63, 3.8) is 0 Å². The number of hydrogen-bond donors (Lipinski definition) is 0. The lowest BCUT2D eigenvalue weighted by Gasteiger charge is -2.39. The van der Waals surface area contributed by atoms with Crippen molar-refractivity contribution in [3.05, 3.63) is 58.7 Å². The average molecular weight is 421 g/mol. The first kappa shape index (κ1) is 20.7. The molecule has 0 radical (unpaired) electrons. The largest absolute Gasteiger partial charge is 0.414 e. The topological polar surface area (TPSA) is 52.6 Å². The molecule has 2 aromatic carbocycles. The van der Waals surface area contributed by atoms with Crippen LogP contribution in [0.4, 0.5) is 9.59 Å². The fourth-order valence-corrected chi connectivity index (χ4v) is 4.36. The van der Waals surface area contributed by atoms with Crippen LogP contribution in [-0.4, -0.2) is 10.9 Å². The van der Waals surface area contributed by atoms with Crippen molar-refractivity contribution in [2.75, 3.05) is 0 Å². The van der Waals surface area contributed by atoms with Gasteiger partial charge in [-0.15, -0.1) is 0 Å². The normalized spacial score (nSPS) is 15.7. The van der Waals surface area contributed by atoms with Crippen molar-refractivity contribution in [1.82, 2.24) is 0 Å².